The molecule has 0 amide bonds. The first-order valence-corrected chi connectivity index (χ1v) is 7.21. The summed E-state index contributed by atoms with van der Waals surface area (Å²) in [4.78, 5) is 9.23. The number of fused-ring (bicyclic) bond motifs is 1. The van der Waals surface area contributed by atoms with E-state index in [1.807, 2.05) is 6.07 Å². The molecular formula is C14H17ClN4. The van der Waals surface area contributed by atoms with E-state index < -0.39 is 0 Å². The van der Waals surface area contributed by atoms with Gasteiger partial charge in [-0.2, -0.15) is 5.26 Å². The lowest BCUT2D eigenvalue weighted by Gasteiger charge is -2.44. The molecule has 2 saturated heterocycles. The molecule has 4 nitrogen and oxygen atoms in total. The summed E-state index contributed by atoms with van der Waals surface area (Å²) in [5.74, 6) is 0.881. The zero-order chi connectivity index (χ0) is 13.2. The molecule has 5 heteroatoms. The van der Waals surface area contributed by atoms with E-state index in [0.29, 0.717) is 16.8 Å². The van der Waals surface area contributed by atoms with Crippen LogP contribution in [-0.2, 0) is 0 Å². The molecule has 0 N–H and O–H groups in total. The second-order valence-electron chi connectivity index (χ2n) is 5.24. The van der Waals surface area contributed by atoms with Gasteiger partial charge < -0.3 is 4.90 Å². The number of pyridine rings is 1. The molecule has 1 atom stereocenters. The lowest BCUT2D eigenvalue weighted by atomic mass is 9.99. The largest absolute Gasteiger partial charge is 0.354 e. The minimum absolute atomic E-state index is 0.324. The van der Waals surface area contributed by atoms with Crippen molar-refractivity contribution in [3.8, 4) is 6.07 Å². The molecule has 0 saturated carbocycles. The zero-order valence-electron chi connectivity index (χ0n) is 10.8. The number of rotatable bonds is 1. The number of aromatic nitrogens is 1. The smallest absolute Gasteiger partial charge is 0.161 e. The van der Waals surface area contributed by atoms with Crippen LogP contribution < -0.4 is 4.90 Å². The van der Waals surface area contributed by atoms with Gasteiger partial charge in [-0.3, -0.25) is 4.90 Å². The molecule has 0 spiro atoms. The predicted molar refractivity (Wildman–Crippen MR) is 75.4 cm³/mol. The van der Waals surface area contributed by atoms with Crippen LogP contribution in [0.2, 0.25) is 5.02 Å². The average Bonchev–Trinajstić information content (AvgIpc) is 2.47. The number of hydrogen-bond acceptors (Lipinski definition) is 4. The Balaban J connectivity index is 1.78. The SMILES string of the molecule is N#Cc1nc(N2CCN3CCCCC3C2)ccc1Cl. The minimum atomic E-state index is 0.324. The van der Waals surface area contributed by atoms with Crippen molar-refractivity contribution < 1.29 is 0 Å². The third kappa shape index (κ3) is 2.54. The maximum Gasteiger partial charge on any atom is 0.161 e. The topological polar surface area (TPSA) is 43.2 Å². The van der Waals surface area contributed by atoms with Crippen molar-refractivity contribution in [1.82, 2.24) is 9.88 Å². The summed E-state index contributed by atoms with van der Waals surface area (Å²) in [7, 11) is 0. The Labute approximate surface area is 118 Å². The van der Waals surface area contributed by atoms with E-state index in [0.717, 1.165) is 25.5 Å². The van der Waals surface area contributed by atoms with Gasteiger partial charge in [-0.15, -0.1) is 0 Å². The standard InChI is InChI=1S/C14H17ClN4/c15-12-4-5-14(17-13(12)9-16)19-8-7-18-6-2-1-3-11(18)10-19/h4-5,11H,1-3,6-8,10H2. The van der Waals surface area contributed by atoms with Gasteiger partial charge in [0.1, 0.15) is 11.9 Å². The van der Waals surface area contributed by atoms with E-state index in [2.05, 4.69) is 20.9 Å². The highest BCUT2D eigenvalue weighted by atomic mass is 35.5. The average molecular weight is 277 g/mol. The fourth-order valence-electron chi connectivity index (χ4n) is 3.05. The van der Waals surface area contributed by atoms with Gasteiger partial charge in [-0.25, -0.2) is 4.98 Å². The molecule has 2 aliphatic heterocycles. The zero-order valence-corrected chi connectivity index (χ0v) is 11.6. The molecule has 2 fully saturated rings. The molecular weight excluding hydrogens is 260 g/mol. The van der Waals surface area contributed by atoms with Gasteiger partial charge in [-0.1, -0.05) is 18.0 Å². The van der Waals surface area contributed by atoms with Crippen LogP contribution in [0.1, 0.15) is 25.0 Å². The first-order chi connectivity index (χ1) is 9.28. The molecule has 19 heavy (non-hydrogen) atoms. The Morgan fingerprint density at radius 3 is 3.00 bits per heavy atom. The van der Waals surface area contributed by atoms with E-state index in [9.17, 15) is 0 Å². The van der Waals surface area contributed by atoms with E-state index in [1.54, 1.807) is 6.07 Å². The van der Waals surface area contributed by atoms with E-state index in [-0.39, 0.29) is 0 Å². The molecule has 1 unspecified atom stereocenters. The van der Waals surface area contributed by atoms with Gasteiger partial charge in [0, 0.05) is 25.7 Å². The highest BCUT2D eigenvalue weighted by Crippen LogP contribution is 2.25. The van der Waals surface area contributed by atoms with Crippen LogP contribution in [0.4, 0.5) is 5.82 Å². The van der Waals surface area contributed by atoms with Crippen molar-refractivity contribution in [2.45, 2.75) is 25.3 Å². The van der Waals surface area contributed by atoms with Crippen molar-refractivity contribution in [2.75, 3.05) is 31.1 Å². The minimum Gasteiger partial charge on any atom is -0.354 e. The van der Waals surface area contributed by atoms with E-state index in [1.165, 1.54) is 25.8 Å². The summed E-state index contributed by atoms with van der Waals surface area (Å²) in [6.45, 7) is 4.32. The normalized spacial score (nSPS) is 23.8. The lowest BCUT2D eigenvalue weighted by Crippen LogP contribution is -2.55. The van der Waals surface area contributed by atoms with Crippen molar-refractivity contribution in [2.24, 2.45) is 0 Å². The Bertz CT molecular complexity index is 511. The van der Waals surface area contributed by atoms with Crippen molar-refractivity contribution in [1.29, 1.82) is 5.26 Å². The molecule has 1 aromatic rings. The van der Waals surface area contributed by atoms with Crippen LogP contribution in [-0.4, -0.2) is 42.1 Å². The second kappa shape index (κ2) is 5.36. The number of piperidine rings is 1. The van der Waals surface area contributed by atoms with Crippen molar-refractivity contribution >= 4 is 17.4 Å². The van der Waals surface area contributed by atoms with E-state index >= 15 is 0 Å². The van der Waals surface area contributed by atoms with Gasteiger partial charge in [0.25, 0.3) is 0 Å². The van der Waals surface area contributed by atoms with Gasteiger partial charge >= 0.3 is 0 Å². The fourth-order valence-corrected chi connectivity index (χ4v) is 3.20. The lowest BCUT2D eigenvalue weighted by molar-refractivity contribution is 0.133. The first-order valence-electron chi connectivity index (χ1n) is 6.83. The summed E-state index contributed by atoms with van der Waals surface area (Å²) in [6, 6.07) is 6.39. The van der Waals surface area contributed by atoms with Crippen molar-refractivity contribution in [3.05, 3.63) is 22.8 Å². The van der Waals surface area contributed by atoms with Gasteiger partial charge in [0.15, 0.2) is 5.69 Å². The maximum atomic E-state index is 9.00. The molecule has 0 aromatic carbocycles. The monoisotopic (exact) mass is 276 g/mol. The molecule has 100 valence electrons. The van der Waals surface area contributed by atoms with Crippen LogP contribution in [0.3, 0.4) is 0 Å². The summed E-state index contributed by atoms with van der Waals surface area (Å²) >= 11 is 5.93. The van der Waals surface area contributed by atoms with Crippen LogP contribution in [0, 0.1) is 11.3 Å². The number of hydrogen-bond donors (Lipinski definition) is 0. The summed E-state index contributed by atoms with van der Waals surface area (Å²) in [5.41, 5.74) is 0.324. The number of nitrogens with zero attached hydrogens (tertiary/aromatic N) is 4. The third-order valence-corrected chi connectivity index (χ3v) is 4.40. The Hall–Kier alpha value is -1.31. The molecule has 0 bridgehead atoms. The maximum absolute atomic E-state index is 9.00. The summed E-state index contributed by atoms with van der Waals surface area (Å²) in [5, 5.41) is 9.44. The van der Waals surface area contributed by atoms with E-state index in [4.69, 9.17) is 16.9 Å². The number of piperazine rings is 1. The Kier molecular flexibility index (Phi) is 3.58. The number of halogens is 1. The van der Waals surface area contributed by atoms with Crippen LogP contribution in [0.5, 0.6) is 0 Å². The summed E-state index contributed by atoms with van der Waals surface area (Å²) < 4.78 is 0. The highest BCUT2D eigenvalue weighted by molar-refractivity contribution is 6.31. The Morgan fingerprint density at radius 1 is 1.26 bits per heavy atom. The van der Waals surface area contributed by atoms with Crippen molar-refractivity contribution in [3.63, 3.8) is 0 Å². The molecule has 1 aromatic heterocycles. The first kappa shape index (κ1) is 12.7. The molecule has 3 rings (SSSR count). The number of anilines is 1. The molecule has 3 heterocycles. The molecule has 2 aliphatic rings. The summed E-state index contributed by atoms with van der Waals surface area (Å²) in [6.07, 6.45) is 3.93. The fraction of sp³-hybridized carbons (Fsp3) is 0.571. The highest BCUT2D eigenvalue weighted by Gasteiger charge is 2.29. The van der Waals surface area contributed by atoms with Crippen LogP contribution in [0.25, 0.3) is 0 Å². The second-order valence-corrected chi connectivity index (χ2v) is 5.65. The number of nitriles is 1. The van der Waals surface area contributed by atoms with Crippen LogP contribution in [0.15, 0.2) is 12.1 Å². The van der Waals surface area contributed by atoms with Gasteiger partial charge in [-0.05, 0) is 31.5 Å². The molecule has 0 aliphatic carbocycles. The predicted octanol–water partition coefficient (Wildman–Crippen LogP) is 2.28. The van der Waals surface area contributed by atoms with Gasteiger partial charge in [0.2, 0.25) is 0 Å². The third-order valence-electron chi connectivity index (χ3n) is 4.10. The molecule has 0 radical (unpaired) electrons. The quantitative estimate of drug-likeness (QED) is 0.789. The van der Waals surface area contributed by atoms with Crippen LogP contribution >= 0.6 is 11.6 Å². The van der Waals surface area contributed by atoms with Gasteiger partial charge in [0.05, 0.1) is 5.02 Å². The Morgan fingerprint density at radius 2 is 2.16 bits per heavy atom.